The first-order valence-electron chi connectivity index (χ1n) is 2.44. The zero-order valence-corrected chi connectivity index (χ0v) is 8.16. The smallest absolute Gasteiger partial charge is 1.00 e. The fourth-order valence-electron chi connectivity index (χ4n) is 0.227. The van der Waals surface area contributed by atoms with Gasteiger partial charge in [-0.1, -0.05) is 0 Å². The Bertz CT molecular complexity index is 139. The van der Waals surface area contributed by atoms with Gasteiger partial charge >= 0.3 is 49.7 Å². The largest absolute Gasteiger partial charge is 2.00 e. The van der Waals surface area contributed by atoms with Crippen LogP contribution in [0.3, 0.4) is 0 Å². The van der Waals surface area contributed by atoms with Crippen LogP contribution >= 0.6 is 0 Å². The van der Waals surface area contributed by atoms with Crippen molar-refractivity contribution in [2.75, 3.05) is 0 Å². The third kappa shape index (κ3) is 6.48. The van der Waals surface area contributed by atoms with E-state index < -0.39 is 18.0 Å². The van der Waals surface area contributed by atoms with Crippen molar-refractivity contribution >= 4 is 49.7 Å². The number of hydrogen-bond acceptors (Lipinski definition) is 4. The summed E-state index contributed by atoms with van der Waals surface area (Å²) in [5.74, 6) is -1.62. The molecule has 0 aliphatic rings. The number of aliphatic hydroxyl groups excluding tert-OH is 1. The van der Waals surface area contributed by atoms with Gasteiger partial charge in [0.15, 0.2) is 0 Å². The number of carbonyl (C=O) groups excluding carboxylic acids is 2. The minimum absolute atomic E-state index is 0. The van der Waals surface area contributed by atoms with Crippen molar-refractivity contribution < 1.29 is 22.3 Å². The summed E-state index contributed by atoms with van der Waals surface area (Å²) >= 11 is 0. The number of carbonyl (C=O) groups is 2. The van der Waals surface area contributed by atoms with Crippen LogP contribution in [0.4, 0.5) is 0 Å². The molecule has 56 valence electrons. The van der Waals surface area contributed by atoms with Crippen LogP contribution in [0.25, 0.3) is 0 Å². The second kappa shape index (κ2) is 6.09. The molecular formula is C5H10CaO4. The fourth-order valence-corrected chi connectivity index (χ4v) is 0.227. The second-order valence-corrected chi connectivity index (χ2v) is 1.59. The summed E-state index contributed by atoms with van der Waals surface area (Å²) in [4.78, 5) is 20.3. The molecule has 4 nitrogen and oxygen atoms in total. The Balaban J connectivity index is -0.000000107. The number of rotatable bonds is 1. The molecule has 0 radical (unpaired) electrons. The van der Waals surface area contributed by atoms with E-state index in [-0.39, 0.29) is 40.6 Å². The first-order chi connectivity index (χ1) is 4.04. The standard InChI is InChI=1S/C5H8O4.Ca.2H/c1-3(6)5(8)9-4(2)7;;;/h3,6H,1-2H3;;;/q;+2;2*-1. The molecule has 0 amide bonds. The van der Waals surface area contributed by atoms with Crippen LogP contribution in [0, 0.1) is 0 Å². The summed E-state index contributed by atoms with van der Waals surface area (Å²) in [7, 11) is 0. The summed E-state index contributed by atoms with van der Waals surface area (Å²) in [6.07, 6.45) is -1.23. The van der Waals surface area contributed by atoms with Crippen LogP contribution in [0.5, 0.6) is 0 Å². The van der Waals surface area contributed by atoms with Crippen molar-refractivity contribution in [1.82, 2.24) is 0 Å². The van der Waals surface area contributed by atoms with Crippen molar-refractivity contribution in [3.8, 4) is 0 Å². The number of aliphatic hydroxyl groups is 1. The Labute approximate surface area is 91.5 Å². The minimum Gasteiger partial charge on any atom is -1.00 e. The molecule has 1 unspecified atom stereocenters. The molecule has 0 aliphatic heterocycles. The molecule has 5 heteroatoms. The number of ether oxygens (including phenoxy) is 1. The Morgan fingerprint density at radius 3 is 2.10 bits per heavy atom. The van der Waals surface area contributed by atoms with E-state index in [1.54, 1.807) is 0 Å². The maximum atomic E-state index is 10.3. The summed E-state index contributed by atoms with van der Waals surface area (Å²) in [5, 5.41) is 8.44. The monoisotopic (exact) mass is 174 g/mol. The SMILES string of the molecule is CC(=O)OC(=O)C(C)O.[Ca+2].[H-].[H-]. The first kappa shape index (κ1) is 13.0. The van der Waals surface area contributed by atoms with Crippen LogP contribution in [-0.4, -0.2) is 60.9 Å². The van der Waals surface area contributed by atoms with Crippen molar-refractivity contribution in [1.29, 1.82) is 0 Å². The normalized spacial score (nSPS) is 11.1. The van der Waals surface area contributed by atoms with Gasteiger partial charge in [-0.05, 0) is 6.92 Å². The Hall–Kier alpha value is 0.360. The summed E-state index contributed by atoms with van der Waals surface area (Å²) < 4.78 is 3.98. The van der Waals surface area contributed by atoms with E-state index in [4.69, 9.17) is 5.11 Å². The van der Waals surface area contributed by atoms with Crippen molar-refractivity contribution in [3.05, 3.63) is 0 Å². The van der Waals surface area contributed by atoms with E-state index in [0.29, 0.717) is 0 Å². The molecule has 1 atom stereocenters. The molecule has 0 fully saturated rings. The molecule has 1 N–H and O–H groups in total. The minimum atomic E-state index is -1.23. The van der Waals surface area contributed by atoms with Gasteiger partial charge < -0.3 is 12.7 Å². The predicted octanol–water partition coefficient (Wildman–Crippen LogP) is -0.699. The van der Waals surface area contributed by atoms with Gasteiger partial charge in [-0.15, -0.1) is 0 Å². The summed E-state index contributed by atoms with van der Waals surface area (Å²) in [6, 6.07) is 0. The van der Waals surface area contributed by atoms with E-state index in [1.807, 2.05) is 0 Å². The molecule has 0 saturated carbocycles. The van der Waals surface area contributed by atoms with E-state index >= 15 is 0 Å². The molecule has 0 aromatic rings. The van der Waals surface area contributed by atoms with Crippen molar-refractivity contribution in [2.45, 2.75) is 20.0 Å². The van der Waals surface area contributed by atoms with E-state index in [1.165, 1.54) is 6.92 Å². The van der Waals surface area contributed by atoms with Gasteiger partial charge in [0.25, 0.3) is 0 Å². The average Bonchev–Trinajstić information content (AvgIpc) is 1.63. The van der Waals surface area contributed by atoms with Crippen molar-refractivity contribution in [3.63, 3.8) is 0 Å². The Morgan fingerprint density at radius 1 is 1.60 bits per heavy atom. The predicted molar refractivity (Wildman–Crippen MR) is 36.4 cm³/mol. The molecule has 0 heterocycles. The molecule has 10 heavy (non-hydrogen) atoms. The van der Waals surface area contributed by atoms with Crippen LogP contribution < -0.4 is 0 Å². The van der Waals surface area contributed by atoms with E-state index in [9.17, 15) is 9.59 Å². The Kier molecular flexibility index (Phi) is 7.91. The number of hydrogen-bond donors (Lipinski definition) is 1. The van der Waals surface area contributed by atoms with Gasteiger partial charge in [0.1, 0.15) is 6.10 Å². The average molecular weight is 174 g/mol. The molecule has 0 spiro atoms. The number of esters is 2. The molecule has 0 aromatic heterocycles. The van der Waals surface area contributed by atoms with Gasteiger partial charge in [-0.25, -0.2) is 4.79 Å². The van der Waals surface area contributed by atoms with E-state index in [2.05, 4.69) is 4.74 Å². The maximum absolute atomic E-state index is 10.3. The van der Waals surface area contributed by atoms with Crippen LogP contribution in [0.15, 0.2) is 0 Å². The van der Waals surface area contributed by atoms with Gasteiger partial charge in [0.2, 0.25) is 0 Å². The maximum Gasteiger partial charge on any atom is 2.00 e. The molecule has 0 saturated heterocycles. The third-order valence-corrected chi connectivity index (χ3v) is 0.585. The first-order valence-corrected chi connectivity index (χ1v) is 2.44. The molecule has 0 aromatic carbocycles. The summed E-state index contributed by atoms with van der Waals surface area (Å²) in [5.41, 5.74) is 0. The zero-order chi connectivity index (χ0) is 7.44. The fraction of sp³-hybridized carbons (Fsp3) is 0.600. The van der Waals surface area contributed by atoms with Gasteiger partial charge in [-0.2, -0.15) is 0 Å². The van der Waals surface area contributed by atoms with E-state index in [0.717, 1.165) is 6.92 Å². The molecule has 0 rings (SSSR count). The zero-order valence-electron chi connectivity index (χ0n) is 7.96. The van der Waals surface area contributed by atoms with Crippen LogP contribution in [0.1, 0.15) is 16.7 Å². The third-order valence-electron chi connectivity index (χ3n) is 0.585. The van der Waals surface area contributed by atoms with Crippen LogP contribution in [0.2, 0.25) is 0 Å². The van der Waals surface area contributed by atoms with Crippen molar-refractivity contribution in [2.24, 2.45) is 0 Å². The topological polar surface area (TPSA) is 63.6 Å². The van der Waals surface area contributed by atoms with Gasteiger partial charge in [0, 0.05) is 6.92 Å². The Morgan fingerprint density at radius 2 is 2.00 bits per heavy atom. The molecular weight excluding hydrogens is 164 g/mol. The summed E-state index contributed by atoms with van der Waals surface area (Å²) in [6.45, 7) is 2.32. The molecule has 0 bridgehead atoms. The molecule has 0 aliphatic carbocycles. The van der Waals surface area contributed by atoms with Gasteiger partial charge in [-0.3, -0.25) is 4.79 Å². The van der Waals surface area contributed by atoms with Gasteiger partial charge in [0.05, 0.1) is 0 Å². The van der Waals surface area contributed by atoms with Crippen LogP contribution in [-0.2, 0) is 14.3 Å². The quantitative estimate of drug-likeness (QED) is 0.324. The second-order valence-electron chi connectivity index (χ2n) is 1.59.